The molecule has 0 aliphatic heterocycles. The Labute approximate surface area is 208 Å². The molecule has 4 aromatic carbocycles. The van der Waals surface area contributed by atoms with E-state index in [0.29, 0.717) is 23.7 Å². The second kappa shape index (κ2) is 10.6. The smallest absolute Gasteiger partial charge is 0.271 e. The molecule has 1 amide bonds. The Morgan fingerprint density at radius 3 is 2.52 bits per heavy atom. The molecule has 0 aliphatic carbocycles. The van der Waals surface area contributed by atoms with Crippen LogP contribution in [0.3, 0.4) is 0 Å². The number of nitrogens with one attached hydrogen (secondary N) is 1. The number of rotatable bonds is 7. The zero-order chi connectivity index (χ0) is 23.2. The molecule has 0 aromatic heterocycles. The highest BCUT2D eigenvalue weighted by Gasteiger charge is 2.11. The summed E-state index contributed by atoms with van der Waals surface area (Å²) in [5, 5.41) is 6.40. The molecule has 4 rings (SSSR count). The second-order valence-corrected chi connectivity index (χ2v) is 8.93. The lowest BCUT2D eigenvalue weighted by molar-refractivity contribution is 0.0955. The van der Waals surface area contributed by atoms with E-state index in [1.807, 2.05) is 24.3 Å². The van der Waals surface area contributed by atoms with Gasteiger partial charge in [-0.3, -0.25) is 4.79 Å². The fourth-order valence-corrected chi connectivity index (χ4v) is 4.01. The molecule has 166 valence electrons. The van der Waals surface area contributed by atoms with E-state index in [9.17, 15) is 4.79 Å². The van der Waals surface area contributed by atoms with Crippen LogP contribution in [0.2, 0.25) is 0 Å². The molecule has 5 nitrogen and oxygen atoms in total. The van der Waals surface area contributed by atoms with Crippen LogP contribution in [0.4, 0.5) is 0 Å². The van der Waals surface area contributed by atoms with Crippen molar-refractivity contribution >= 4 is 54.8 Å². The molecule has 4 aromatic rings. The Morgan fingerprint density at radius 1 is 0.970 bits per heavy atom. The molecular weight excluding hydrogens is 548 g/mol. The Hall–Kier alpha value is -3.16. The van der Waals surface area contributed by atoms with Crippen molar-refractivity contribution in [3.05, 3.63) is 104 Å². The first kappa shape index (κ1) is 23.0. The fourth-order valence-electron chi connectivity index (χ4n) is 3.32. The lowest BCUT2D eigenvalue weighted by Crippen LogP contribution is -2.17. The Balaban J connectivity index is 1.47. The zero-order valence-corrected chi connectivity index (χ0v) is 20.9. The van der Waals surface area contributed by atoms with Crippen LogP contribution in [0.5, 0.6) is 11.5 Å². The van der Waals surface area contributed by atoms with Gasteiger partial charge in [0, 0.05) is 20.1 Å². The van der Waals surface area contributed by atoms with E-state index >= 15 is 0 Å². The largest absolute Gasteiger partial charge is 0.493 e. The number of benzene rings is 4. The molecule has 0 bridgehead atoms. The van der Waals surface area contributed by atoms with E-state index < -0.39 is 0 Å². The van der Waals surface area contributed by atoms with Crippen molar-refractivity contribution in [1.82, 2.24) is 5.43 Å². The fraction of sp³-hybridized carbons (Fsp3) is 0.0769. The van der Waals surface area contributed by atoms with Crippen LogP contribution in [0.1, 0.15) is 21.5 Å². The number of hydrogen-bond acceptors (Lipinski definition) is 4. The number of methoxy groups -OCH3 is 1. The molecular formula is C26H20Br2N2O3. The van der Waals surface area contributed by atoms with Gasteiger partial charge < -0.3 is 9.47 Å². The number of halogens is 2. The van der Waals surface area contributed by atoms with Gasteiger partial charge in [-0.2, -0.15) is 5.10 Å². The van der Waals surface area contributed by atoms with Crippen molar-refractivity contribution in [3.8, 4) is 11.5 Å². The third-order valence-corrected chi connectivity index (χ3v) is 6.24. The standard InChI is InChI=1S/C26H20Br2N2O3/c1-32-24-13-20(15-29-30-26(31)18-9-11-21(27)12-10-18)23(28)14-25(24)33-16-19-7-4-6-17-5-2-3-8-22(17)19/h2-15H,16H2,1H3,(H,30,31)/b29-15+. The summed E-state index contributed by atoms with van der Waals surface area (Å²) < 4.78 is 13.3. The Bertz CT molecular complexity index is 1320. The third-order valence-electron chi connectivity index (χ3n) is 5.02. The van der Waals surface area contributed by atoms with Gasteiger partial charge >= 0.3 is 0 Å². The molecule has 1 N–H and O–H groups in total. The normalized spacial score (nSPS) is 11.0. The number of fused-ring (bicyclic) bond motifs is 1. The molecule has 7 heteroatoms. The van der Waals surface area contributed by atoms with Gasteiger partial charge in [0.05, 0.1) is 13.3 Å². The third kappa shape index (κ3) is 5.61. The quantitative estimate of drug-likeness (QED) is 0.199. The summed E-state index contributed by atoms with van der Waals surface area (Å²) >= 11 is 6.90. The van der Waals surface area contributed by atoms with E-state index in [1.54, 1.807) is 43.7 Å². The van der Waals surface area contributed by atoms with Gasteiger partial charge in [0.2, 0.25) is 0 Å². The minimum Gasteiger partial charge on any atom is -0.493 e. The maximum absolute atomic E-state index is 12.2. The monoisotopic (exact) mass is 566 g/mol. The number of nitrogens with zero attached hydrogens (tertiary/aromatic N) is 1. The van der Waals surface area contributed by atoms with Crippen molar-refractivity contribution in [2.24, 2.45) is 5.10 Å². The lowest BCUT2D eigenvalue weighted by atomic mass is 10.1. The highest BCUT2D eigenvalue weighted by atomic mass is 79.9. The van der Waals surface area contributed by atoms with Crippen LogP contribution in [0, 0.1) is 0 Å². The number of hydrazone groups is 1. The minimum atomic E-state index is -0.295. The van der Waals surface area contributed by atoms with Gasteiger partial charge in [0.15, 0.2) is 11.5 Å². The molecule has 0 spiro atoms. The average Bonchev–Trinajstić information content (AvgIpc) is 2.84. The zero-order valence-electron chi connectivity index (χ0n) is 17.7. The molecule has 0 fully saturated rings. The number of carbonyl (C=O) groups excluding carboxylic acids is 1. The highest BCUT2D eigenvalue weighted by Crippen LogP contribution is 2.34. The van der Waals surface area contributed by atoms with E-state index in [1.165, 1.54) is 5.39 Å². The first-order valence-electron chi connectivity index (χ1n) is 10.1. The van der Waals surface area contributed by atoms with Gasteiger partial charge in [0.25, 0.3) is 5.91 Å². The first-order chi connectivity index (χ1) is 16.0. The summed E-state index contributed by atoms with van der Waals surface area (Å²) in [6, 6.07) is 25.1. The second-order valence-electron chi connectivity index (χ2n) is 7.16. The minimum absolute atomic E-state index is 0.295. The van der Waals surface area contributed by atoms with Crippen molar-refractivity contribution in [2.45, 2.75) is 6.61 Å². The molecule has 0 saturated carbocycles. The van der Waals surface area contributed by atoms with Crippen LogP contribution < -0.4 is 14.9 Å². The summed E-state index contributed by atoms with van der Waals surface area (Å²) in [5.41, 5.74) is 4.88. The molecule has 0 aliphatic rings. The van der Waals surface area contributed by atoms with Crippen LogP contribution in [0.25, 0.3) is 10.8 Å². The van der Waals surface area contributed by atoms with E-state index in [2.05, 4.69) is 66.7 Å². The molecule has 0 radical (unpaired) electrons. The first-order valence-corrected chi connectivity index (χ1v) is 11.7. The lowest BCUT2D eigenvalue weighted by Gasteiger charge is -2.14. The predicted molar refractivity (Wildman–Crippen MR) is 138 cm³/mol. The summed E-state index contributed by atoms with van der Waals surface area (Å²) in [6.07, 6.45) is 1.55. The van der Waals surface area contributed by atoms with E-state index in [4.69, 9.17) is 9.47 Å². The van der Waals surface area contributed by atoms with Crippen molar-refractivity contribution in [1.29, 1.82) is 0 Å². The summed E-state index contributed by atoms with van der Waals surface area (Å²) in [7, 11) is 1.59. The number of hydrogen-bond donors (Lipinski definition) is 1. The molecule has 0 heterocycles. The molecule has 0 atom stereocenters. The van der Waals surface area contributed by atoms with Crippen LogP contribution in [-0.2, 0) is 6.61 Å². The van der Waals surface area contributed by atoms with Crippen LogP contribution in [-0.4, -0.2) is 19.2 Å². The van der Waals surface area contributed by atoms with Gasteiger partial charge in [0.1, 0.15) is 6.61 Å². The van der Waals surface area contributed by atoms with E-state index in [-0.39, 0.29) is 5.91 Å². The van der Waals surface area contributed by atoms with E-state index in [0.717, 1.165) is 25.5 Å². The maximum Gasteiger partial charge on any atom is 0.271 e. The van der Waals surface area contributed by atoms with Gasteiger partial charge in [-0.15, -0.1) is 0 Å². The molecule has 0 saturated heterocycles. The molecule has 0 unspecified atom stereocenters. The highest BCUT2D eigenvalue weighted by molar-refractivity contribution is 9.10. The van der Waals surface area contributed by atoms with Crippen LogP contribution >= 0.6 is 31.9 Å². The number of carbonyl (C=O) groups is 1. The van der Waals surface area contributed by atoms with Gasteiger partial charge in [-0.1, -0.05) is 58.4 Å². The van der Waals surface area contributed by atoms with Gasteiger partial charge in [-0.25, -0.2) is 5.43 Å². The Kier molecular flexibility index (Phi) is 7.42. The summed E-state index contributed by atoms with van der Waals surface area (Å²) in [5.74, 6) is 0.879. The number of amides is 1. The average molecular weight is 568 g/mol. The molecule has 33 heavy (non-hydrogen) atoms. The van der Waals surface area contributed by atoms with Crippen molar-refractivity contribution < 1.29 is 14.3 Å². The number of ether oxygens (including phenoxy) is 2. The van der Waals surface area contributed by atoms with Gasteiger partial charge in [-0.05, 0) is 68.7 Å². The van der Waals surface area contributed by atoms with Crippen molar-refractivity contribution in [3.63, 3.8) is 0 Å². The summed E-state index contributed by atoms with van der Waals surface area (Å²) in [4.78, 5) is 12.2. The van der Waals surface area contributed by atoms with Crippen LogP contribution in [0.15, 0.2) is 92.9 Å². The van der Waals surface area contributed by atoms with Crippen molar-refractivity contribution in [2.75, 3.05) is 7.11 Å². The SMILES string of the molecule is COc1cc(/C=N/NC(=O)c2ccc(Br)cc2)c(Br)cc1OCc1cccc2ccccc12. The summed E-state index contributed by atoms with van der Waals surface area (Å²) in [6.45, 7) is 0.404. The Morgan fingerprint density at radius 2 is 1.73 bits per heavy atom. The topological polar surface area (TPSA) is 59.9 Å². The maximum atomic E-state index is 12.2. The predicted octanol–water partition coefficient (Wildman–Crippen LogP) is 6.72.